The first-order valence-corrected chi connectivity index (χ1v) is 11.7. The van der Waals surface area contributed by atoms with Crippen molar-refractivity contribution in [2.75, 3.05) is 12.4 Å². The number of aryl methyl sites for hydroxylation is 2. The number of carbonyl (C=O) groups is 1. The van der Waals surface area contributed by atoms with E-state index in [1.54, 1.807) is 43.8 Å². The van der Waals surface area contributed by atoms with E-state index >= 15 is 0 Å². The van der Waals surface area contributed by atoms with Gasteiger partial charge in [-0.15, -0.1) is 0 Å². The van der Waals surface area contributed by atoms with E-state index in [4.69, 9.17) is 4.74 Å². The van der Waals surface area contributed by atoms with E-state index in [1.807, 2.05) is 26.0 Å². The van der Waals surface area contributed by atoms with Gasteiger partial charge in [0.25, 0.3) is 5.91 Å². The van der Waals surface area contributed by atoms with Crippen LogP contribution in [-0.2, 0) is 0 Å². The molecule has 176 valence electrons. The SMILES string of the molecule is COc1ccc(C#N)cc1-c1cc(C)ncc1C(=O)Nc1nc2ncc(-c3ccnc(C)c3)nc2s1. The molecule has 0 radical (unpaired) electrons. The average Bonchev–Trinajstić information content (AvgIpc) is 3.29. The molecular formula is C26H19N7O2S. The minimum Gasteiger partial charge on any atom is -0.496 e. The number of rotatable bonds is 5. The number of nitrogens with zero attached hydrogens (tertiary/aromatic N) is 6. The molecule has 1 N–H and O–H groups in total. The van der Waals surface area contributed by atoms with Crippen molar-refractivity contribution >= 4 is 32.9 Å². The number of methoxy groups -OCH3 is 1. The van der Waals surface area contributed by atoms with Crippen LogP contribution in [0.3, 0.4) is 0 Å². The van der Waals surface area contributed by atoms with E-state index < -0.39 is 5.91 Å². The predicted octanol–water partition coefficient (Wildman–Crippen LogP) is 4.96. The molecule has 10 heteroatoms. The lowest BCUT2D eigenvalue weighted by Gasteiger charge is -2.13. The number of aromatic nitrogens is 5. The quantitative estimate of drug-likeness (QED) is 0.364. The second-order valence-electron chi connectivity index (χ2n) is 7.94. The number of nitrogens with one attached hydrogen (secondary N) is 1. The molecule has 0 fully saturated rings. The third-order valence-electron chi connectivity index (χ3n) is 5.44. The predicted molar refractivity (Wildman–Crippen MR) is 137 cm³/mol. The van der Waals surface area contributed by atoms with Crippen molar-refractivity contribution < 1.29 is 9.53 Å². The van der Waals surface area contributed by atoms with E-state index in [0.717, 1.165) is 17.0 Å². The third-order valence-corrected chi connectivity index (χ3v) is 6.29. The van der Waals surface area contributed by atoms with Gasteiger partial charge in [-0.25, -0.2) is 9.97 Å². The molecule has 4 heterocycles. The molecule has 0 bridgehead atoms. The van der Waals surface area contributed by atoms with Crippen molar-refractivity contribution in [2.24, 2.45) is 0 Å². The molecule has 1 amide bonds. The topological polar surface area (TPSA) is 127 Å². The van der Waals surface area contributed by atoms with Crippen LogP contribution in [0.25, 0.3) is 32.9 Å². The summed E-state index contributed by atoms with van der Waals surface area (Å²) in [5.41, 5.74) is 5.64. The van der Waals surface area contributed by atoms with Gasteiger partial charge in [-0.3, -0.25) is 20.1 Å². The highest BCUT2D eigenvalue weighted by Crippen LogP contribution is 2.34. The summed E-state index contributed by atoms with van der Waals surface area (Å²) in [5, 5.41) is 12.6. The van der Waals surface area contributed by atoms with Crippen LogP contribution in [0.4, 0.5) is 5.13 Å². The fourth-order valence-electron chi connectivity index (χ4n) is 3.74. The first kappa shape index (κ1) is 23.0. The molecule has 36 heavy (non-hydrogen) atoms. The first-order chi connectivity index (χ1) is 17.4. The first-order valence-electron chi connectivity index (χ1n) is 10.9. The number of anilines is 1. The molecule has 0 unspecified atom stereocenters. The second-order valence-corrected chi connectivity index (χ2v) is 8.92. The maximum Gasteiger partial charge on any atom is 0.259 e. The Hall–Kier alpha value is -4.75. The van der Waals surface area contributed by atoms with Gasteiger partial charge in [0.05, 0.1) is 36.2 Å². The Balaban J connectivity index is 1.49. The summed E-state index contributed by atoms with van der Waals surface area (Å²) in [4.78, 5) is 36.0. The molecule has 0 aliphatic heterocycles. The van der Waals surface area contributed by atoms with Gasteiger partial charge in [0.15, 0.2) is 15.6 Å². The van der Waals surface area contributed by atoms with Crippen molar-refractivity contribution in [1.82, 2.24) is 24.9 Å². The number of benzene rings is 1. The average molecular weight is 494 g/mol. The zero-order chi connectivity index (χ0) is 25.2. The number of hydrogen-bond acceptors (Lipinski definition) is 9. The Morgan fingerprint density at radius 2 is 1.83 bits per heavy atom. The number of fused-ring (bicyclic) bond motifs is 1. The third kappa shape index (κ3) is 4.47. The summed E-state index contributed by atoms with van der Waals surface area (Å²) in [6, 6.07) is 12.8. The van der Waals surface area contributed by atoms with Crippen LogP contribution in [-0.4, -0.2) is 37.9 Å². The van der Waals surface area contributed by atoms with Gasteiger partial charge in [0, 0.05) is 40.5 Å². The standard InChI is InChI=1S/C26H19N7O2S/c1-14-8-17(6-7-28-14)21-13-30-23-25(31-21)36-26(32-23)33-24(34)20-12-29-15(2)9-18(20)19-10-16(11-27)4-5-22(19)35-3/h4-10,12-13H,1-3H3,(H,30,32,33,34). The van der Waals surface area contributed by atoms with Crippen molar-refractivity contribution in [3.63, 3.8) is 0 Å². The highest BCUT2D eigenvalue weighted by molar-refractivity contribution is 7.21. The molecule has 5 aromatic rings. The molecule has 0 saturated heterocycles. The number of pyridine rings is 2. The van der Waals surface area contributed by atoms with Crippen LogP contribution in [0.5, 0.6) is 5.75 Å². The van der Waals surface area contributed by atoms with Crippen molar-refractivity contribution in [1.29, 1.82) is 5.26 Å². The fourth-order valence-corrected chi connectivity index (χ4v) is 4.53. The summed E-state index contributed by atoms with van der Waals surface area (Å²) < 4.78 is 5.49. The molecule has 5 rings (SSSR count). The van der Waals surface area contributed by atoms with Crippen LogP contribution < -0.4 is 10.1 Å². The van der Waals surface area contributed by atoms with Gasteiger partial charge in [-0.2, -0.15) is 10.2 Å². The van der Waals surface area contributed by atoms with E-state index in [0.29, 0.717) is 49.3 Å². The normalized spacial score (nSPS) is 10.7. The van der Waals surface area contributed by atoms with E-state index in [9.17, 15) is 10.1 Å². The molecule has 0 atom stereocenters. The molecule has 9 nitrogen and oxygen atoms in total. The summed E-state index contributed by atoms with van der Waals surface area (Å²) >= 11 is 1.23. The smallest absolute Gasteiger partial charge is 0.259 e. The van der Waals surface area contributed by atoms with Gasteiger partial charge >= 0.3 is 0 Å². The number of thiazole rings is 1. The number of nitriles is 1. The molecule has 0 aliphatic carbocycles. The number of ether oxygens (including phenoxy) is 1. The molecule has 0 saturated carbocycles. The monoisotopic (exact) mass is 493 g/mol. The second kappa shape index (κ2) is 9.48. The summed E-state index contributed by atoms with van der Waals surface area (Å²) in [6.45, 7) is 3.74. The Morgan fingerprint density at radius 1 is 1.00 bits per heavy atom. The molecular weight excluding hydrogens is 474 g/mol. The number of amides is 1. The van der Waals surface area contributed by atoms with Crippen LogP contribution in [0.1, 0.15) is 27.3 Å². The molecule has 4 aromatic heterocycles. The van der Waals surface area contributed by atoms with Crippen LogP contribution in [0.15, 0.2) is 55.0 Å². The zero-order valence-corrected chi connectivity index (χ0v) is 20.4. The Labute approximate surface area is 210 Å². The fraction of sp³-hybridized carbons (Fsp3) is 0.115. The van der Waals surface area contributed by atoms with E-state index in [1.165, 1.54) is 17.5 Å². The summed E-state index contributed by atoms with van der Waals surface area (Å²) in [7, 11) is 1.54. The maximum absolute atomic E-state index is 13.3. The Bertz CT molecular complexity index is 1670. The van der Waals surface area contributed by atoms with Crippen molar-refractivity contribution in [3.8, 4) is 34.2 Å². The summed E-state index contributed by atoms with van der Waals surface area (Å²) in [5.74, 6) is 0.145. The lowest BCUT2D eigenvalue weighted by Crippen LogP contribution is -2.14. The molecule has 0 spiro atoms. The van der Waals surface area contributed by atoms with Gasteiger partial charge < -0.3 is 4.74 Å². The maximum atomic E-state index is 13.3. The van der Waals surface area contributed by atoms with Gasteiger partial charge in [0.1, 0.15) is 5.75 Å². The number of hydrogen-bond donors (Lipinski definition) is 1. The summed E-state index contributed by atoms with van der Waals surface area (Å²) in [6.07, 6.45) is 4.88. The van der Waals surface area contributed by atoms with Crippen LogP contribution in [0, 0.1) is 25.2 Å². The van der Waals surface area contributed by atoms with Crippen LogP contribution in [0.2, 0.25) is 0 Å². The molecule has 1 aromatic carbocycles. The largest absolute Gasteiger partial charge is 0.496 e. The van der Waals surface area contributed by atoms with Crippen LogP contribution >= 0.6 is 11.3 Å². The highest BCUT2D eigenvalue weighted by atomic mass is 32.1. The van der Waals surface area contributed by atoms with E-state index in [2.05, 4.69) is 36.3 Å². The minimum absolute atomic E-state index is 0.321. The van der Waals surface area contributed by atoms with Gasteiger partial charge in [-0.05, 0) is 50.2 Å². The molecule has 0 aliphatic rings. The Kier molecular flexibility index (Phi) is 6.06. The lowest BCUT2D eigenvalue weighted by atomic mass is 9.97. The minimum atomic E-state index is -0.397. The van der Waals surface area contributed by atoms with Gasteiger partial charge in [0.2, 0.25) is 0 Å². The Morgan fingerprint density at radius 3 is 2.61 bits per heavy atom. The van der Waals surface area contributed by atoms with E-state index in [-0.39, 0.29) is 0 Å². The lowest BCUT2D eigenvalue weighted by molar-refractivity contribution is 0.102. The van der Waals surface area contributed by atoms with Crippen molar-refractivity contribution in [3.05, 3.63) is 77.5 Å². The zero-order valence-electron chi connectivity index (χ0n) is 19.6. The number of carbonyl (C=O) groups excluding carboxylic acids is 1. The van der Waals surface area contributed by atoms with Crippen molar-refractivity contribution in [2.45, 2.75) is 13.8 Å². The highest BCUT2D eigenvalue weighted by Gasteiger charge is 2.19. The van der Waals surface area contributed by atoms with Gasteiger partial charge in [-0.1, -0.05) is 11.3 Å².